The first-order chi connectivity index (χ1) is 16.8. The number of ether oxygens (including phenoxy) is 1. The molecule has 2 aromatic heterocycles. The molecule has 2 aliphatic heterocycles. The second-order valence-electron chi connectivity index (χ2n) is 11.0. The van der Waals surface area contributed by atoms with Gasteiger partial charge in [-0.25, -0.2) is 14.5 Å². The van der Waals surface area contributed by atoms with Gasteiger partial charge in [0.2, 0.25) is 0 Å². The fourth-order valence-electron chi connectivity index (χ4n) is 5.32. The standard InChI is InChI=1S/C26H38N6O3/c1-5-32-23-20(17-28-32)22(29-18-9-7-6-8-10-18)19(16-27-23)21-15-26(35-30-21)11-13-31(14-12-26)24(33)34-25(2,3)4/h15-18,30H,5-14H2,1-4H3,(H,27,29). The first-order valence-electron chi connectivity index (χ1n) is 13.0. The Morgan fingerprint density at radius 1 is 1.23 bits per heavy atom. The van der Waals surface area contributed by atoms with Crippen molar-refractivity contribution < 1.29 is 14.4 Å². The molecule has 0 radical (unpaired) electrons. The second-order valence-corrected chi connectivity index (χ2v) is 11.0. The highest BCUT2D eigenvalue weighted by Gasteiger charge is 2.41. The lowest BCUT2D eigenvalue weighted by Crippen LogP contribution is -2.48. The van der Waals surface area contributed by atoms with E-state index >= 15 is 0 Å². The number of rotatable bonds is 4. The van der Waals surface area contributed by atoms with E-state index < -0.39 is 11.2 Å². The normalized spacial score (nSPS) is 20.7. The van der Waals surface area contributed by atoms with E-state index in [1.807, 2.05) is 37.8 Å². The first kappa shape index (κ1) is 23.9. The minimum absolute atomic E-state index is 0.260. The van der Waals surface area contributed by atoms with Crippen molar-refractivity contribution in [3.63, 3.8) is 0 Å². The molecule has 2 N–H and O–H groups in total. The van der Waals surface area contributed by atoms with Crippen molar-refractivity contribution in [2.75, 3.05) is 18.4 Å². The predicted molar refractivity (Wildman–Crippen MR) is 136 cm³/mol. The van der Waals surface area contributed by atoms with Crippen molar-refractivity contribution >= 4 is 28.5 Å². The number of carbonyl (C=O) groups excluding carboxylic acids is 1. The average Bonchev–Trinajstić information content (AvgIpc) is 3.44. The summed E-state index contributed by atoms with van der Waals surface area (Å²) in [6.07, 6.45) is 13.4. The molecule has 0 unspecified atom stereocenters. The number of hydrogen-bond donors (Lipinski definition) is 2. The molecule has 9 heteroatoms. The molecule has 4 heterocycles. The summed E-state index contributed by atoms with van der Waals surface area (Å²) in [6.45, 7) is 9.72. The van der Waals surface area contributed by atoms with Crippen molar-refractivity contribution in [2.45, 2.75) is 96.4 Å². The molecule has 1 spiro atoms. The lowest BCUT2D eigenvalue weighted by atomic mass is 9.90. The molecule has 1 saturated carbocycles. The number of likely N-dealkylation sites (tertiary alicyclic amines) is 1. The maximum Gasteiger partial charge on any atom is 0.410 e. The maximum absolute atomic E-state index is 12.5. The molecule has 1 saturated heterocycles. The van der Waals surface area contributed by atoms with Crippen LogP contribution in [-0.2, 0) is 16.1 Å². The fourth-order valence-corrected chi connectivity index (χ4v) is 5.32. The summed E-state index contributed by atoms with van der Waals surface area (Å²) < 4.78 is 7.49. The molecule has 2 aromatic rings. The number of nitrogens with zero attached hydrogens (tertiary/aromatic N) is 4. The molecule has 3 aliphatic rings. The van der Waals surface area contributed by atoms with Crippen LogP contribution in [0.4, 0.5) is 10.5 Å². The van der Waals surface area contributed by atoms with Gasteiger partial charge in [0.25, 0.3) is 0 Å². The Hall–Kier alpha value is -2.81. The van der Waals surface area contributed by atoms with Crippen LogP contribution in [0.15, 0.2) is 18.5 Å². The monoisotopic (exact) mass is 482 g/mol. The van der Waals surface area contributed by atoms with Crippen LogP contribution in [0.2, 0.25) is 0 Å². The molecule has 1 amide bonds. The largest absolute Gasteiger partial charge is 0.444 e. The quantitative estimate of drug-likeness (QED) is 0.644. The summed E-state index contributed by atoms with van der Waals surface area (Å²) in [7, 11) is 0. The van der Waals surface area contributed by atoms with Crippen LogP contribution in [0.3, 0.4) is 0 Å². The van der Waals surface area contributed by atoms with Crippen LogP contribution in [0.5, 0.6) is 0 Å². The molecule has 190 valence electrons. The highest BCUT2D eigenvalue weighted by Crippen LogP contribution is 2.39. The van der Waals surface area contributed by atoms with E-state index in [1.54, 1.807) is 4.90 Å². The van der Waals surface area contributed by atoms with Gasteiger partial charge >= 0.3 is 6.09 Å². The summed E-state index contributed by atoms with van der Waals surface area (Å²) in [6, 6.07) is 0.451. The van der Waals surface area contributed by atoms with Gasteiger partial charge < -0.3 is 15.0 Å². The van der Waals surface area contributed by atoms with Crippen LogP contribution in [0, 0.1) is 0 Å². The third kappa shape index (κ3) is 4.96. The van der Waals surface area contributed by atoms with Gasteiger partial charge in [0.1, 0.15) is 11.2 Å². The van der Waals surface area contributed by atoms with Crippen LogP contribution < -0.4 is 10.8 Å². The minimum Gasteiger partial charge on any atom is -0.444 e. The van der Waals surface area contributed by atoms with Gasteiger partial charge in [-0.05, 0) is 46.6 Å². The zero-order chi connectivity index (χ0) is 24.6. The number of carbonyl (C=O) groups is 1. The highest BCUT2D eigenvalue weighted by molar-refractivity contribution is 5.95. The molecule has 0 aromatic carbocycles. The van der Waals surface area contributed by atoms with Crippen LogP contribution in [0.25, 0.3) is 16.7 Å². The molecular formula is C26H38N6O3. The lowest BCUT2D eigenvalue weighted by molar-refractivity contribution is -0.0708. The smallest absolute Gasteiger partial charge is 0.410 e. The van der Waals surface area contributed by atoms with E-state index in [2.05, 4.69) is 28.9 Å². The zero-order valence-corrected chi connectivity index (χ0v) is 21.4. The molecular weight excluding hydrogens is 444 g/mol. The van der Waals surface area contributed by atoms with Crippen LogP contribution >= 0.6 is 0 Å². The summed E-state index contributed by atoms with van der Waals surface area (Å²) in [4.78, 5) is 25.2. The van der Waals surface area contributed by atoms with E-state index in [0.29, 0.717) is 32.0 Å². The van der Waals surface area contributed by atoms with Crippen molar-refractivity contribution in [3.8, 4) is 0 Å². The Labute approximate surface area is 207 Å². The Kier molecular flexibility index (Phi) is 6.38. The third-order valence-corrected chi connectivity index (χ3v) is 7.24. The third-order valence-electron chi connectivity index (χ3n) is 7.24. The molecule has 5 rings (SSSR count). The predicted octanol–water partition coefficient (Wildman–Crippen LogP) is 4.84. The molecule has 0 bridgehead atoms. The van der Waals surface area contributed by atoms with E-state index in [1.165, 1.54) is 32.1 Å². The summed E-state index contributed by atoms with van der Waals surface area (Å²) in [5.41, 5.74) is 6.16. The fraction of sp³-hybridized carbons (Fsp3) is 0.654. The van der Waals surface area contributed by atoms with Gasteiger partial charge in [0, 0.05) is 50.3 Å². The molecule has 35 heavy (non-hydrogen) atoms. The second kappa shape index (κ2) is 9.33. The van der Waals surface area contributed by atoms with Crippen LogP contribution in [-0.4, -0.2) is 56.1 Å². The Morgan fingerprint density at radius 2 is 1.97 bits per heavy atom. The minimum atomic E-state index is -0.496. The number of hydrogen-bond acceptors (Lipinski definition) is 7. The highest BCUT2D eigenvalue weighted by atomic mass is 16.7. The van der Waals surface area contributed by atoms with Gasteiger partial charge in [-0.1, -0.05) is 19.3 Å². The summed E-state index contributed by atoms with van der Waals surface area (Å²) >= 11 is 0. The zero-order valence-electron chi connectivity index (χ0n) is 21.4. The lowest BCUT2D eigenvalue weighted by Gasteiger charge is -2.37. The van der Waals surface area contributed by atoms with E-state index in [9.17, 15) is 4.79 Å². The van der Waals surface area contributed by atoms with Crippen molar-refractivity contribution in [3.05, 3.63) is 24.0 Å². The van der Waals surface area contributed by atoms with Gasteiger partial charge in [0.15, 0.2) is 5.65 Å². The Bertz CT molecular complexity index is 1100. The Balaban J connectivity index is 1.39. The molecule has 0 atom stereocenters. The number of aromatic nitrogens is 3. The van der Waals surface area contributed by atoms with Gasteiger partial charge in [-0.3, -0.25) is 10.3 Å². The number of pyridine rings is 1. The maximum atomic E-state index is 12.5. The Morgan fingerprint density at radius 3 is 2.66 bits per heavy atom. The average molecular weight is 483 g/mol. The van der Waals surface area contributed by atoms with Gasteiger partial charge in [-0.2, -0.15) is 5.10 Å². The van der Waals surface area contributed by atoms with Gasteiger partial charge in [-0.15, -0.1) is 0 Å². The molecule has 9 nitrogen and oxygen atoms in total. The molecule has 2 fully saturated rings. The van der Waals surface area contributed by atoms with E-state index in [0.717, 1.165) is 34.5 Å². The number of nitrogens with one attached hydrogen (secondary N) is 2. The molecule has 1 aliphatic carbocycles. The van der Waals surface area contributed by atoms with Crippen molar-refractivity contribution in [1.29, 1.82) is 0 Å². The number of anilines is 1. The number of amides is 1. The number of fused-ring (bicyclic) bond motifs is 1. The summed E-state index contributed by atoms with van der Waals surface area (Å²) in [5.74, 6) is 0. The van der Waals surface area contributed by atoms with E-state index in [4.69, 9.17) is 14.6 Å². The van der Waals surface area contributed by atoms with Crippen molar-refractivity contribution in [1.82, 2.24) is 25.1 Å². The van der Waals surface area contributed by atoms with Crippen LogP contribution in [0.1, 0.15) is 78.2 Å². The SMILES string of the molecule is CCn1ncc2c(NC3CCCCC3)c(C3=CC4(CCN(C(=O)OC(C)(C)C)CC4)ON3)cnc21. The topological polar surface area (TPSA) is 93.5 Å². The summed E-state index contributed by atoms with van der Waals surface area (Å²) in [5, 5.41) is 9.45. The van der Waals surface area contributed by atoms with E-state index in [-0.39, 0.29) is 6.09 Å². The van der Waals surface area contributed by atoms with Gasteiger partial charge in [0.05, 0.1) is 23.0 Å². The first-order valence-corrected chi connectivity index (χ1v) is 13.0. The number of piperidine rings is 1. The van der Waals surface area contributed by atoms with Crippen molar-refractivity contribution in [2.24, 2.45) is 0 Å². The number of hydroxylamine groups is 1. The number of aryl methyl sites for hydroxylation is 1.